The molecule has 1 saturated heterocycles. The second kappa shape index (κ2) is 6.99. The van der Waals surface area contributed by atoms with E-state index in [0.29, 0.717) is 39.2 Å². The summed E-state index contributed by atoms with van der Waals surface area (Å²) in [5.41, 5.74) is 7.45. The molecule has 132 valence electrons. The number of nitrogens with one attached hydrogen (secondary N) is 1. The van der Waals surface area contributed by atoms with Gasteiger partial charge in [-0.2, -0.15) is 0 Å². The van der Waals surface area contributed by atoms with Crippen LogP contribution in [0.3, 0.4) is 0 Å². The molecule has 3 N–H and O–H groups in total. The predicted octanol–water partition coefficient (Wildman–Crippen LogP) is 1.53. The van der Waals surface area contributed by atoms with Gasteiger partial charge in [0.05, 0.1) is 12.1 Å². The molecule has 0 saturated carbocycles. The van der Waals surface area contributed by atoms with Gasteiger partial charge in [0.2, 0.25) is 5.91 Å². The molecule has 24 heavy (non-hydrogen) atoms. The topological polar surface area (TPSA) is 82.8 Å². The lowest BCUT2D eigenvalue weighted by Gasteiger charge is -2.31. The van der Waals surface area contributed by atoms with E-state index in [-0.39, 0.29) is 12.0 Å². The largest absolute Gasteiger partial charge is 0.494 e. The van der Waals surface area contributed by atoms with Crippen LogP contribution in [0.1, 0.15) is 37.8 Å². The van der Waals surface area contributed by atoms with Crippen LogP contribution in [0.15, 0.2) is 12.1 Å². The zero-order valence-electron chi connectivity index (χ0n) is 14.4. The van der Waals surface area contributed by atoms with Crippen LogP contribution in [0.2, 0.25) is 0 Å². The first kappa shape index (κ1) is 17.0. The summed E-state index contributed by atoms with van der Waals surface area (Å²) in [6.07, 6.45) is 2.15. The maximum Gasteiger partial charge on any atom is 0.240 e. The maximum atomic E-state index is 12.5. The van der Waals surface area contributed by atoms with Crippen molar-refractivity contribution in [1.29, 1.82) is 0 Å². The van der Waals surface area contributed by atoms with E-state index in [1.54, 1.807) is 0 Å². The molecule has 6 heteroatoms. The molecule has 6 nitrogen and oxygen atoms in total. The Morgan fingerprint density at radius 2 is 2.17 bits per heavy atom. The Labute approximate surface area is 142 Å². The first-order valence-corrected chi connectivity index (χ1v) is 8.62. The van der Waals surface area contributed by atoms with E-state index in [1.165, 1.54) is 0 Å². The average Bonchev–Trinajstić information content (AvgIpc) is 2.92. The lowest BCUT2D eigenvalue weighted by Crippen LogP contribution is -2.56. The van der Waals surface area contributed by atoms with Gasteiger partial charge in [-0.3, -0.25) is 4.79 Å². The summed E-state index contributed by atoms with van der Waals surface area (Å²) in [5.74, 6) is 1.54. The third kappa shape index (κ3) is 3.49. The number of carbonyl (C=O) groups is 1. The first-order chi connectivity index (χ1) is 11.5. The van der Waals surface area contributed by atoms with Crippen molar-refractivity contribution in [1.82, 2.24) is 5.32 Å². The summed E-state index contributed by atoms with van der Waals surface area (Å²) in [7, 11) is 0. The van der Waals surface area contributed by atoms with Gasteiger partial charge in [0.25, 0.3) is 0 Å². The van der Waals surface area contributed by atoms with Crippen molar-refractivity contribution in [3.05, 3.63) is 23.3 Å². The van der Waals surface area contributed by atoms with Gasteiger partial charge < -0.3 is 25.3 Å². The summed E-state index contributed by atoms with van der Waals surface area (Å²) >= 11 is 0. The molecule has 0 bridgehead atoms. The fraction of sp³-hybridized carbons (Fsp3) is 0.611. The summed E-state index contributed by atoms with van der Waals surface area (Å²) in [6, 6.07) is 3.99. The number of hydrogen-bond donors (Lipinski definition) is 2. The first-order valence-electron chi connectivity index (χ1n) is 8.62. The third-order valence-electron chi connectivity index (χ3n) is 4.66. The van der Waals surface area contributed by atoms with E-state index < -0.39 is 5.54 Å². The zero-order valence-corrected chi connectivity index (χ0v) is 14.4. The number of benzene rings is 1. The van der Waals surface area contributed by atoms with E-state index in [9.17, 15) is 4.79 Å². The molecule has 1 unspecified atom stereocenters. The second-order valence-corrected chi connectivity index (χ2v) is 6.58. The summed E-state index contributed by atoms with van der Waals surface area (Å²) in [4.78, 5) is 12.5. The van der Waals surface area contributed by atoms with Crippen LogP contribution in [0.25, 0.3) is 0 Å². The van der Waals surface area contributed by atoms with E-state index >= 15 is 0 Å². The van der Waals surface area contributed by atoms with Crippen molar-refractivity contribution in [2.75, 3.05) is 19.8 Å². The van der Waals surface area contributed by atoms with E-state index in [1.807, 2.05) is 26.0 Å². The highest BCUT2D eigenvalue weighted by Gasteiger charge is 2.35. The van der Waals surface area contributed by atoms with Crippen molar-refractivity contribution in [2.45, 2.75) is 51.3 Å². The quantitative estimate of drug-likeness (QED) is 0.853. The molecule has 1 amide bonds. The van der Waals surface area contributed by atoms with E-state index in [2.05, 4.69) is 5.32 Å². The molecular formula is C18H26N2O4. The molecule has 2 heterocycles. The Hall–Kier alpha value is -1.79. The molecule has 1 aromatic rings. The molecule has 0 radical (unpaired) electrons. The number of fused-ring (bicyclic) bond motifs is 1. The molecule has 3 rings (SSSR count). The summed E-state index contributed by atoms with van der Waals surface area (Å²) < 4.78 is 16.8. The van der Waals surface area contributed by atoms with Crippen molar-refractivity contribution in [3.63, 3.8) is 0 Å². The minimum Gasteiger partial charge on any atom is -0.494 e. The monoisotopic (exact) mass is 334 g/mol. The van der Waals surface area contributed by atoms with Crippen LogP contribution in [0.4, 0.5) is 0 Å². The number of amides is 1. The predicted molar refractivity (Wildman–Crippen MR) is 90.2 cm³/mol. The normalized spacial score (nSPS) is 21.7. The van der Waals surface area contributed by atoms with Crippen LogP contribution in [-0.2, 0) is 22.5 Å². The third-order valence-corrected chi connectivity index (χ3v) is 4.66. The summed E-state index contributed by atoms with van der Waals surface area (Å²) in [5, 5.41) is 2.96. The Morgan fingerprint density at radius 3 is 2.88 bits per heavy atom. The lowest BCUT2D eigenvalue weighted by molar-refractivity contribution is -0.129. The van der Waals surface area contributed by atoms with Crippen molar-refractivity contribution in [2.24, 2.45) is 5.73 Å². The number of ether oxygens (including phenoxy) is 3. The van der Waals surface area contributed by atoms with Crippen molar-refractivity contribution < 1.29 is 19.0 Å². The van der Waals surface area contributed by atoms with Crippen molar-refractivity contribution >= 4 is 5.91 Å². The van der Waals surface area contributed by atoms with Crippen molar-refractivity contribution in [3.8, 4) is 11.5 Å². The summed E-state index contributed by atoms with van der Waals surface area (Å²) in [6.45, 7) is 6.00. The smallest absolute Gasteiger partial charge is 0.240 e. The minimum atomic E-state index is -0.841. The van der Waals surface area contributed by atoms with Gasteiger partial charge in [-0.15, -0.1) is 0 Å². The number of carbonyl (C=O) groups excluding carboxylic acids is 1. The van der Waals surface area contributed by atoms with Gasteiger partial charge in [0, 0.05) is 37.3 Å². The van der Waals surface area contributed by atoms with Crippen LogP contribution in [0.5, 0.6) is 11.5 Å². The SMILES string of the molecule is CCOc1cc2c(cc1CNC(=O)C1(N)CCOCC1)OC(C)C2. The standard InChI is InChI=1S/C18H26N2O4/c1-3-23-15-9-13-8-12(2)24-16(13)10-14(15)11-20-17(21)18(19)4-6-22-7-5-18/h9-10,12H,3-8,11,19H2,1-2H3,(H,20,21). The molecule has 1 fully saturated rings. The van der Waals surface area contributed by atoms with Gasteiger partial charge >= 0.3 is 0 Å². The fourth-order valence-electron chi connectivity index (χ4n) is 3.22. The van der Waals surface area contributed by atoms with Crippen LogP contribution >= 0.6 is 0 Å². The average molecular weight is 334 g/mol. The van der Waals surface area contributed by atoms with Gasteiger partial charge in [0.1, 0.15) is 17.6 Å². The van der Waals surface area contributed by atoms with Crippen LogP contribution in [0, 0.1) is 0 Å². The molecule has 0 aliphatic carbocycles. The maximum absolute atomic E-state index is 12.5. The lowest BCUT2D eigenvalue weighted by atomic mass is 9.90. The van der Waals surface area contributed by atoms with E-state index in [0.717, 1.165) is 29.0 Å². The highest BCUT2D eigenvalue weighted by molar-refractivity contribution is 5.86. The Kier molecular flexibility index (Phi) is 4.96. The number of nitrogens with two attached hydrogens (primary N) is 1. The molecule has 0 aromatic heterocycles. The molecule has 2 aliphatic heterocycles. The number of rotatable bonds is 5. The van der Waals surface area contributed by atoms with E-state index in [4.69, 9.17) is 19.9 Å². The van der Waals surface area contributed by atoms with Gasteiger partial charge in [-0.25, -0.2) is 0 Å². The Morgan fingerprint density at radius 1 is 1.42 bits per heavy atom. The van der Waals surface area contributed by atoms with Gasteiger partial charge in [-0.1, -0.05) is 0 Å². The fourth-order valence-corrected chi connectivity index (χ4v) is 3.22. The second-order valence-electron chi connectivity index (χ2n) is 6.58. The molecule has 1 aromatic carbocycles. The highest BCUT2D eigenvalue weighted by Crippen LogP contribution is 2.35. The molecule has 0 spiro atoms. The Bertz CT molecular complexity index is 611. The molecular weight excluding hydrogens is 308 g/mol. The minimum absolute atomic E-state index is 0.136. The molecule has 1 atom stereocenters. The van der Waals surface area contributed by atoms with Gasteiger partial charge in [-0.05, 0) is 38.8 Å². The highest BCUT2D eigenvalue weighted by atomic mass is 16.5. The van der Waals surface area contributed by atoms with Gasteiger partial charge in [0.15, 0.2) is 0 Å². The van der Waals surface area contributed by atoms with Crippen LogP contribution in [-0.4, -0.2) is 37.4 Å². The van der Waals surface area contributed by atoms with Crippen LogP contribution < -0.4 is 20.5 Å². The molecule has 2 aliphatic rings. The zero-order chi connectivity index (χ0) is 17.2. The Balaban J connectivity index is 1.72. The number of hydrogen-bond acceptors (Lipinski definition) is 5.